The Morgan fingerprint density at radius 2 is 1.14 bits per heavy atom. The summed E-state index contributed by atoms with van der Waals surface area (Å²) >= 11 is 0. The lowest BCUT2D eigenvalue weighted by atomic mass is 10.4. The van der Waals surface area contributed by atoms with Crippen LogP contribution in [-0.2, 0) is 9.59 Å². The molecule has 6 nitrogen and oxygen atoms in total. The Morgan fingerprint density at radius 3 is 1.36 bits per heavy atom. The molecule has 6 heteroatoms. The molecule has 0 bridgehead atoms. The SMILES string of the molecule is C=CC(=O)NCCCN(C)C.C=CC(=O)NCCCN(C)C. The van der Waals surface area contributed by atoms with Crippen LogP contribution in [0.25, 0.3) is 0 Å². The van der Waals surface area contributed by atoms with Gasteiger partial charge in [-0.3, -0.25) is 9.59 Å². The minimum absolute atomic E-state index is 0.0937. The third-order valence-electron chi connectivity index (χ3n) is 2.53. The van der Waals surface area contributed by atoms with E-state index in [-0.39, 0.29) is 11.8 Å². The van der Waals surface area contributed by atoms with Crippen LogP contribution in [0.3, 0.4) is 0 Å². The Kier molecular flexibility index (Phi) is 16.2. The van der Waals surface area contributed by atoms with Crippen LogP contribution in [0.5, 0.6) is 0 Å². The first kappa shape index (κ1) is 22.6. The Bertz CT molecular complexity index is 296. The zero-order valence-electron chi connectivity index (χ0n) is 14.5. The minimum Gasteiger partial charge on any atom is -0.353 e. The second kappa shape index (κ2) is 15.7. The number of rotatable bonds is 10. The lowest BCUT2D eigenvalue weighted by Crippen LogP contribution is -2.25. The highest BCUT2D eigenvalue weighted by Gasteiger charge is 1.93. The van der Waals surface area contributed by atoms with Crippen LogP contribution in [0.15, 0.2) is 25.3 Å². The summed E-state index contributed by atoms with van der Waals surface area (Å²) in [6.07, 6.45) is 4.53. The van der Waals surface area contributed by atoms with Crippen LogP contribution >= 0.6 is 0 Å². The summed E-state index contributed by atoms with van der Waals surface area (Å²) in [5, 5.41) is 5.41. The highest BCUT2D eigenvalue weighted by atomic mass is 16.2. The van der Waals surface area contributed by atoms with Crippen LogP contribution in [-0.4, -0.2) is 76.0 Å². The van der Waals surface area contributed by atoms with Gasteiger partial charge in [0.15, 0.2) is 0 Å². The van der Waals surface area contributed by atoms with E-state index in [0.29, 0.717) is 0 Å². The average Bonchev–Trinajstić information content (AvgIpc) is 2.47. The molecule has 0 rings (SSSR count). The molecule has 2 N–H and O–H groups in total. The fraction of sp³-hybridized carbons (Fsp3) is 0.625. The summed E-state index contributed by atoms with van der Waals surface area (Å²) < 4.78 is 0. The topological polar surface area (TPSA) is 64.7 Å². The summed E-state index contributed by atoms with van der Waals surface area (Å²) in [5.74, 6) is -0.187. The molecule has 0 aliphatic heterocycles. The number of hydrogen-bond donors (Lipinski definition) is 2. The molecular formula is C16H32N4O2. The smallest absolute Gasteiger partial charge is 0.243 e. The predicted octanol–water partition coefficient (Wildman–Crippen LogP) is 0.481. The van der Waals surface area contributed by atoms with E-state index in [9.17, 15) is 9.59 Å². The van der Waals surface area contributed by atoms with Crippen molar-refractivity contribution < 1.29 is 9.59 Å². The first-order chi connectivity index (χ1) is 10.3. The number of carbonyl (C=O) groups excluding carboxylic acids is 2. The van der Waals surface area contributed by atoms with Crippen LogP contribution in [0.2, 0.25) is 0 Å². The quantitative estimate of drug-likeness (QED) is 0.455. The summed E-state index contributed by atoms with van der Waals surface area (Å²) in [6, 6.07) is 0. The van der Waals surface area contributed by atoms with Crippen molar-refractivity contribution in [2.24, 2.45) is 0 Å². The van der Waals surface area contributed by atoms with Gasteiger partial charge in [0.05, 0.1) is 0 Å². The van der Waals surface area contributed by atoms with Gasteiger partial charge < -0.3 is 20.4 Å². The first-order valence-corrected chi connectivity index (χ1v) is 7.43. The fourth-order valence-corrected chi connectivity index (χ4v) is 1.36. The van der Waals surface area contributed by atoms with Gasteiger partial charge in [0.2, 0.25) is 11.8 Å². The average molecular weight is 312 g/mol. The van der Waals surface area contributed by atoms with E-state index < -0.39 is 0 Å². The van der Waals surface area contributed by atoms with E-state index >= 15 is 0 Å². The second-order valence-electron chi connectivity index (χ2n) is 5.30. The third-order valence-corrected chi connectivity index (χ3v) is 2.53. The molecule has 0 aliphatic rings. The van der Waals surface area contributed by atoms with Crippen LogP contribution < -0.4 is 10.6 Å². The van der Waals surface area contributed by atoms with Gasteiger partial charge in [0.1, 0.15) is 0 Å². The third kappa shape index (κ3) is 20.7. The van der Waals surface area contributed by atoms with Crippen LogP contribution in [0.4, 0.5) is 0 Å². The van der Waals surface area contributed by atoms with E-state index in [1.807, 2.05) is 28.2 Å². The molecule has 0 spiro atoms. The van der Waals surface area contributed by atoms with E-state index in [2.05, 4.69) is 33.6 Å². The fourth-order valence-electron chi connectivity index (χ4n) is 1.36. The van der Waals surface area contributed by atoms with E-state index in [4.69, 9.17) is 0 Å². The molecule has 0 aromatic heterocycles. The lowest BCUT2D eigenvalue weighted by molar-refractivity contribution is -0.117. The second-order valence-corrected chi connectivity index (χ2v) is 5.30. The number of hydrogen-bond acceptors (Lipinski definition) is 4. The number of carbonyl (C=O) groups is 2. The summed E-state index contributed by atoms with van der Waals surface area (Å²) in [5.41, 5.74) is 0. The van der Waals surface area contributed by atoms with Crippen molar-refractivity contribution in [2.45, 2.75) is 12.8 Å². The molecule has 22 heavy (non-hydrogen) atoms. The molecule has 128 valence electrons. The van der Waals surface area contributed by atoms with Crippen LogP contribution in [0, 0.1) is 0 Å². The largest absolute Gasteiger partial charge is 0.353 e. The first-order valence-electron chi connectivity index (χ1n) is 7.43. The molecule has 0 aromatic rings. The van der Waals surface area contributed by atoms with Gasteiger partial charge in [0, 0.05) is 13.1 Å². The van der Waals surface area contributed by atoms with Crippen molar-refractivity contribution >= 4 is 11.8 Å². The Morgan fingerprint density at radius 1 is 0.818 bits per heavy atom. The van der Waals surface area contributed by atoms with Crippen molar-refractivity contribution in [1.82, 2.24) is 20.4 Å². The molecule has 0 unspecified atom stereocenters. The van der Waals surface area contributed by atoms with E-state index in [0.717, 1.165) is 39.0 Å². The van der Waals surface area contributed by atoms with Crippen molar-refractivity contribution in [3.8, 4) is 0 Å². The molecule has 0 atom stereocenters. The molecule has 0 saturated heterocycles. The summed E-state index contributed by atoms with van der Waals surface area (Å²) in [4.78, 5) is 25.4. The van der Waals surface area contributed by atoms with Crippen molar-refractivity contribution in [3.63, 3.8) is 0 Å². The normalized spacial score (nSPS) is 9.73. The van der Waals surface area contributed by atoms with Gasteiger partial charge in [-0.15, -0.1) is 0 Å². The van der Waals surface area contributed by atoms with Crippen molar-refractivity contribution in [3.05, 3.63) is 25.3 Å². The zero-order chi connectivity index (χ0) is 17.4. The van der Waals surface area contributed by atoms with Gasteiger partial charge in [-0.1, -0.05) is 13.2 Å². The summed E-state index contributed by atoms with van der Waals surface area (Å²) in [7, 11) is 8.04. The highest BCUT2D eigenvalue weighted by Crippen LogP contribution is 1.81. The Hall–Kier alpha value is -1.66. The minimum atomic E-state index is -0.0937. The maximum absolute atomic E-state index is 10.6. The molecule has 0 fully saturated rings. The standard InChI is InChI=1S/2C8H16N2O/c2*1-4-8(11)9-6-5-7-10(2)3/h2*4H,1,5-7H2,2-3H3,(H,9,11). The molecular weight excluding hydrogens is 280 g/mol. The van der Waals surface area contributed by atoms with Crippen LogP contribution in [0.1, 0.15) is 12.8 Å². The van der Waals surface area contributed by atoms with Gasteiger partial charge in [-0.25, -0.2) is 0 Å². The lowest BCUT2D eigenvalue weighted by Gasteiger charge is -2.08. The highest BCUT2D eigenvalue weighted by molar-refractivity contribution is 5.87. The Labute approximate surface area is 135 Å². The maximum Gasteiger partial charge on any atom is 0.243 e. The monoisotopic (exact) mass is 312 g/mol. The van der Waals surface area contributed by atoms with Gasteiger partial charge in [-0.05, 0) is 66.3 Å². The molecule has 0 aromatic carbocycles. The van der Waals surface area contributed by atoms with Gasteiger partial charge in [-0.2, -0.15) is 0 Å². The zero-order valence-corrected chi connectivity index (χ0v) is 14.5. The molecule has 0 radical (unpaired) electrons. The number of amides is 2. The van der Waals surface area contributed by atoms with E-state index in [1.54, 1.807) is 0 Å². The van der Waals surface area contributed by atoms with Gasteiger partial charge in [0.25, 0.3) is 0 Å². The molecule has 0 heterocycles. The van der Waals surface area contributed by atoms with Crippen molar-refractivity contribution in [1.29, 1.82) is 0 Å². The number of nitrogens with zero attached hydrogens (tertiary/aromatic N) is 2. The predicted molar refractivity (Wildman–Crippen MR) is 92.8 cm³/mol. The maximum atomic E-state index is 10.6. The van der Waals surface area contributed by atoms with Gasteiger partial charge >= 0.3 is 0 Å². The van der Waals surface area contributed by atoms with Crippen molar-refractivity contribution in [2.75, 3.05) is 54.4 Å². The Balaban J connectivity index is 0. The molecule has 2 amide bonds. The van der Waals surface area contributed by atoms with E-state index in [1.165, 1.54) is 12.2 Å². The number of nitrogens with one attached hydrogen (secondary N) is 2. The molecule has 0 aliphatic carbocycles. The summed E-state index contributed by atoms with van der Waals surface area (Å²) in [6.45, 7) is 10.1. The molecule has 0 saturated carbocycles.